The molecule has 1 aromatic heterocycles. The normalized spacial score (nSPS) is 21.9. The number of aromatic nitrogens is 2. The van der Waals surface area contributed by atoms with Gasteiger partial charge in [0.25, 0.3) is 0 Å². The largest absolute Gasteiger partial charge is 0.342 e. The summed E-state index contributed by atoms with van der Waals surface area (Å²) in [6.07, 6.45) is 8.00. The molecule has 1 saturated carbocycles. The molecule has 1 aliphatic heterocycles. The molecule has 126 valence electrons. The number of halogens is 1. The minimum atomic E-state index is -0.284. The molecule has 2 heterocycles. The van der Waals surface area contributed by atoms with Crippen molar-refractivity contribution in [3.8, 4) is 0 Å². The SMILES string of the molecule is Cn1cc(C[C@H]2CCN(C(=O)C3(c4ccc(Cl)cc4)CC3)C2)cn1. The molecule has 24 heavy (non-hydrogen) atoms. The van der Waals surface area contributed by atoms with Crippen LogP contribution < -0.4 is 0 Å². The van der Waals surface area contributed by atoms with Gasteiger partial charge in [-0.15, -0.1) is 0 Å². The van der Waals surface area contributed by atoms with Crippen molar-refractivity contribution < 1.29 is 4.79 Å². The first-order valence-electron chi connectivity index (χ1n) is 8.60. The number of aryl methyl sites for hydroxylation is 1. The van der Waals surface area contributed by atoms with Crippen LogP contribution in [-0.2, 0) is 23.7 Å². The van der Waals surface area contributed by atoms with Gasteiger partial charge in [0, 0.05) is 31.4 Å². The van der Waals surface area contributed by atoms with Gasteiger partial charge in [-0.2, -0.15) is 5.10 Å². The third-order valence-corrected chi connectivity index (χ3v) is 5.66. The first kappa shape index (κ1) is 15.7. The van der Waals surface area contributed by atoms with Gasteiger partial charge in [0.05, 0.1) is 11.6 Å². The zero-order valence-corrected chi connectivity index (χ0v) is 14.7. The van der Waals surface area contributed by atoms with E-state index < -0.39 is 0 Å². The maximum atomic E-state index is 13.1. The highest BCUT2D eigenvalue weighted by Gasteiger charge is 2.53. The molecule has 2 aliphatic rings. The van der Waals surface area contributed by atoms with Crippen molar-refractivity contribution in [2.24, 2.45) is 13.0 Å². The molecule has 4 nitrogen and oxygen atoms in total. The number of nitrogens with zero attached hydrogens (tertiary/aromatic N) is 3. The summed E-state index contributed by atoms with van der Waals surface area (Å²) in [5, 5.41) is 4.96. The van der Waals surface area contributed by atoms with Gasteiger partial charge in [-0.1, -0.05) is 23.7 Å². The Kier molecular flexibility index (Phi) is 3.87. The molecule has 1 amide bonds. The van der Waals surface area contributed by atoms with E-state index in [4.69, 9.17) is 11.6 Å². The number of hydrogen-bond acceptors (Lipinski definition) is 2. The Morgan fingerprint density at radius 3 is 2.71 bits per heavy atom. The molecule has 0 spiro atoms. The summed E-state index contributed by atoms with van der Waals surface area (Å²) in [7, 11) is 1.94. The lowest BCUT2D eigenvalue weighted by molar-refractivity contribution is -0.133. The number of benzene rings is 1. The molecule has 0 N–H and O–H groups in total. The van der Waals surface area contributed by atoms with Crippen LogP contribution in [0.2, 0.25) is 5.02 Å². The third kappa shape index (κ3) is 2.84. The van der Waals surface area contributed by atoms with Crippen LogP contribution in [0.4, 0.5) is 0 Å². The monoisotopic (exact) mass is 343 g/mol. The fourth-order valence-electron chi connectivity index (χ4n) is 3.92. The van der Waals surface area contributed by atoms with Crippen LogP contribution in [0.15, 0.2) is 36.7 Å². The molecule has 1 aromatic carbocycles. The van der Waals surface area contributed by atoms with Crippen LogP contribution in [0.3, 0.4) is 0 Å². The van der Waals surface area contributed by atoms with Gasteiger partial charge in [0.15, 0.2) is 0 Å². The van der Waals surface area contributed by atoms with Gasteiger partial charge in [0.1, 0.15) is 0 Å². The second-order valence-electron chi connectivity index (χ2n) is 7.22. The van der Waals surface area contributed by atoms with E-state index in [9.17, 15) is 4.79 Å². The topological polar surface area (TPSA) is 38.1 Å². The molecule has 1 atom stereocenters. The molecular weight excluding hydrogens is 322 g/mol. The maximum absolute atomic E-state index is 13.1. The van der Waals surface area contributed by atoms with Crippen molar-refractivity contribution in [3.05, 3.63) is 52.8 Å². The Labute approximate surface area is 147 Å². The van der Waals surface area contributed by atoms with Crippen molar-refractivity contribution >= 4 is 17.5 Å². The van der Waals surface area contributed by atoms with Crippen molar-refractivity contribution in [2.45, 2.75) is 31.1 Å². The molecular formula is C19H22ClN3O. The molecule has 0 bridgehead atoms. The van der Waals surface area contributed by atoms with E-state index in [2.05, 4.69) is 16.2 Å². The number of likely N-dealkylation sites (tertiary alicyclic amines) is 1. The molecule has 1 saturated heterocycles. The molecule has 2 aromatic rings. The first-order chi connectivity index (χ1) is 11.6. The van der Waals surface area contributed by atoms with Crippen LogP contribution >= 0.6 is 11.6 Å². The molecule has 2 fully saturated rings. The van der Waals surface area contributed by atoms with Crippen molar-refractivity contribution in [1.82, 2.24) is 14.7 Å². The van der Waals surface area contributed by atoms with Crippen molar-refractivity contribution in [3.63, 3.8) is 0 Å². The van der Waals surface area contributed by atoms with Crippen molar-refractivity contribution in [1.29, 1.82) is 0 Å². The highest BCUT2D eigenvalue weighted by Crippen LogP contribution is 2.50. The van der Waals surface area contributed by atoms with E-state index in [0.717, 1.165) is 49.4 Å². The number of carbonyl (C=O) groups excluding carboxylic acids is 1. The Morgan fingerprint density at radius 2 is 2.08 bits per heavy atom. The smallest absolute Gasteiger partial charge is 0.233 e. The summed E-state index contributed by atoms with van der Waals surface area (Å²) in [4.78, 5) is 15.2. The quantitative estimate of drug-likeness (QED) is 0.855. The lowest BCUT2D eigenvalue weighted by Gasteiger charge is -2.23. The lowest BCUT2D eigenvalue weighted by Crippen LogP contribution is -2.38. The van der Waals surface area contributed by atoms with Gasteiger partial charge in [-0.05, 0) is 54.9 Å². The second-order valence-corrected chi connectivity index (χ2v) is 7.66. The number of carbonyl (C=O) groups is 1. The molecule has 0 radical (unpaired) electrons. The lowest BCUT2D eigenvalue weighted by atomic mass is 9.94. The fourth-order valence-corrected chi connectivity index (χ4v) is 4.04. The van der Waals surface area contributed by atoms with E-state index in [0.29, 0.717) is 11.8 Å². The van der Waals surface area contributed by atoms with Gasteiger partial charge < -0.3 is 4.90 Å². The summed E-state index contributed by atoms with van der Waals surface area (Å²) in [5.41, 5.74) is 2.09. The first-order valence-corrected chi connectivity index (χ1v) is 8.97. The predicted molar refractivity (Wildman–Crippen MR) is 94.0 cm³/mol. The summed E-state index contributed by atoms with van der Waals surface area (Å²) in [5.74, 6) is 0.845. The van der Waals surface area contributed by atoms with E-state index in [1.165, 1.54) is 5.56 Å². The Morgan fingerprint density at radius 1 is 1.33 bits per heavy atom. The average Bonchev–Trinajstić information content (AvgIpc) is 3.08. The van der Waals surface area contributed by atoms with E-state index in [-0.39, 0.29) is 5.41 Å². The van der Waals surface area contributed by atoms with Crippen LogP contribution in [0.5, 0.6) is 0 Å². The number of amides is 1. The minimum Gasteiger partial charge on any atom is -0.342 e. The summed E-state index contributed by atoms with van der Waals surface area (Å²) >= 11 is 5.98. The van der Waals surface area contributed by atoms with Crippen LogP contribution in [-0.4, -0.2) is 33.7 Å². The van der Waals surface area contributed by atoms with Gasteiger partial charge in [0.2, 0.25) is 5.91 Å². The van der Waals surface area contributed by atoms with E-state index >= 15 is 0 Å². The van der Waals surface area contributed by atoms with E-state index in [1.54, 1.807) is 0 Å². The van der Waals surface area contributed by atoms with Gasteiger partial charge >= 0.3 is 0 Å². The highest BCUT2D eigenvalue weighted by molar-refractivity contribution is 6.30. The minimum absolute atomic E-state index is 0.284. The number of hydrogen-bond donors (Lipinski definition) is 0. The fraction of sp³-hybridized carbons (Fsp3) is 0.474. The molecule has 4 rings (SSSR count). The highest BCUT2D eigenvalue weighted by atomic mass is 35.5. The Balaban J connectivity index is 1.43. The average molecular weight is 344 g/mol. The predicted octanol–water partition coefficient (Wildman–Crippen LogP) is 3.20. The standard InChI is InChI=1S/C19H22ClN3O/c1-22-12-15(11-21-22)10-14-6-9-23(13-14)18(24)19(7-8-19)16-2-4-17(20)5-3-16/h2-5,11-12,14H,6-10,13H2,1H3/t14-/m1/s1. The van der Waals surface area contributed by atoms with Gasteiger partial charge in [-0.3, -0.25) is 9.48 Å². The zero-order valence-electron chi connectivity index (χ0n) is 13.9. The summed E-state index contributed by atoms with van der Waals surface area (Å²) in [6.45, 7) is 1.74. The number of rotatable bonds is 4. The van der Waals surface area contributed by atoms with E-state index in [1.807, 2.05) is 42.2 Å². The van der Waals surface area contributed by atoms with Gasteiger partial charge in [-0.25, -0.2) is 0 Å². The van der Waals surface area contributed by atoms with Crippen molar-refractivity contribution in [2.75, 3.05) is 13.1 Å². The Bertz CT molecular complexity index is 748. The summed E-state index contributed by atoms with van der Waals surface area (Å²) < 4.78 is 1.84. The van der Waals surface area contributed by atoms with Crippen LogP contribution in [0, 0.1) is 5.92 Å². The second kappa shape index (κ2) is 5.92. The molecule has 5 heteroatoms. The summed E-state index contributed by atoms with van der Waals surface area (Å²) in [6, 6.07) is 7.80. The maximum Gasteiger partial charge on any atom is 0.233 e. The molecule has 1 aliphatic carbocycles. The zero-order chi connectivity index (χ0) is 16.7. The third-order valence-electron chi connectivity index (χ3n) is 5.41. The Hall–Kier alpha value is -1.81. The van der Waals surface area contributed by atoms with Crippen LogP contribution in [0.25, 0.3) is 0 Å². The molecule has 0 unspecified atom stereocenters. The van der Waals surface area contributed by atoms with Crippen LogP contribution in [0.1, 0.15) is 30.4 Å².